The molecule has 4 amide bonds. The maximum Gasteiger partial charge on any atom is 0.322 e. The van der Waals surface area contributed by atoms with E-state index in [1.807, 2.05) is 0 Å². The summed E-state index contributed by atoms with van der Waals surface area (Å²) < 4.78 is 27.1. The van der Waals surface area contributed by atoms with Crippen molar-refractivity contribution in [2.45, 2.75) is 31.2 Å². The van der Waals surface area contributed by atoms with Crippen LogP contribution in [0.15, 0.2) is 18.2 Å². The SMILES string of the molecule is O=C(Cc1c(F)cccc1F)NC[C@@H]1CCC[C@@]12NC(=O)NC2=O. The van der Waals surface area contributed by atoms with Crippen LogP contribution >= 0.6 is 0 Å². The van der Waals surface area contributed by atoms with Crippen LogP contribution < -0.4 is 16.0 Å². The van der Waals surface area contributed by atoms with Gasteiger partial charge in [-0.15, -0.1) is 0 Å². The molecule has 24 heavy (non-hydrogen) atoms. The number of imide groups is 1. The number of hydrogen-bond acceptors (Lipinski definition) is 3. The molecule has 1 aromatic rings. The first kappa shape index (κ1) is 16.4. The fourth-order valence-corrected chi connectivity index (χ4v) is 3.48. The van der Waals surface area contributed by atoms with Gasteiger partial charge in [0.1, 0.15) is 17.2 Å². The fourth-order valence-electron chi connectivity index (χ4n) is 3.48. The Morgan fingerprint density at radius 2 is 2.00 bits per heavy atom. The highest BCUT2D eigenvalue weighted by Gasteiger charge is 2.54. The molecule has 2 aliphatic rings. The molecule has 1 spiro atoms. The standard InChI is InChI=1S/C16H17F2N3O3/c17-11-4-1-5-12(18)10(11)7-13(22)19-8-9-3-2-6-16(9)14(23)20-15(24)21-16/h1,4-5,9H,2-3,6-8H2,(H,19,22)(H2,20,21,23,24)/t9-,16+/m0/s1. The Kier molecular flexibility index (Phi) is 4.21. The number of amides is 4. The Morgan fingerprint density at radius 1 is 1.29 bits per heavy atom. The van der Waals surface area contributed by atoms with Gasteiger partial charge in [-0.05, 0) is 25.0 Å². The van der Waals surface area contributed by atoms with Gasteiger partial charge in [-0.25, -0.2) is 13.6 Å². The fraction of sp³-hybridized carbons (Fsp3) is 0.438. The van der Waals surface area contributed by atoms with Crippen LogP contribution in [0, 0.1) is 17.6 Å². The smallest absolute Gasteiger partial charge is 0.322 e. The van der Waals surface area contributed by atoms with E-state index in [1.54, 1.807) is 0 Å². The van der Waals surface area contributed by atoms with E-state index in [1.165, 1.54) is 6.07 Å². The summed E-state index contributed by atoms with van der Waals surface area (Å²) >= 11 is 0. The van der Waals surface area contributed by atoms with E-state index in [0.717, 1.165) is 18.6 Å². The van der Waals surface area contributed by atoms with Gasteiger partial charge in [-0.3, -0.25) is 14.9 Å². The van der Waals surface area contributed by atoms with Crippen molar-refractivity contribution in [3.8, 4) is 0 Å². The molecule has 1 saturated carbocycles. The molecule has 0 unspecified atom stereocenters. The van der Waals surface area contributed by atoms with E-state index in [0.29, 0.717) is 12.8 Å². The zero-order valence-corrected chi connectivity index (χ0v) is 12.8. The molecule has 2 fully saturated rings. The molecule has 8 heteroatoms. The molecule has 0 aromatic heterocycles. The average molecular weight is 337 g/mol. The number of hydrogen-bond donors (Lipinski definition) is 3. The van der Waals surface area contributed by atoms with E-state index >= 15 is 0 Å². The van der Waals surface area contributed by atoms with E-state index < -0.39 is 35.5 Å². The van der Waals surface area contributed by atoms with Gasteiger partial charge in [0.2, 0.25) is 5.91 Å². The Balaban J connectivity index is 1.62. The Hall–Kier alpha value is -2.51. The average Bonchev–Trinajstić information content (AvgIpc) is 3.05. The lowest BCUT2D eigenvalue weighted by Gasteiger charge is -2.28. The first-order valence-corrected chi connectivity index (χ1v) is 7.75. The van der Waals surface area contributed by atoms with Crippen molar-refractivity contribution >= 4 is 17.8 Å². The molecule has 6 nitrogen and oxygen atoms in total. The van der Waals surface area contributed by atoms with Gasteiger partial charge in [0, 0.05) is 18.0 Å². The minimum Gasteiger partial charge on any atom is -0.355 e. The van der Waals surface area contributed by atoms with Gasteiger partial charge in [0.15, 0.2) is 0 Å². The summed E-state index contributed by atoms with van der Waals surface area (Å²) in [6.45, 7) is 0.155. The highest BCUT2D eigenvalue weighted by molar-refractivity contribution is 6.07. The molecule has 3 N–H and O–H groups in total. The number of nitrogens with one attached hydrogen (secondary N) is 3. The molecule has 1 aromatic carbocycles. The minimum absolute atomic E-state index is 0.155. The quantitative estimate of drug-likeness (QED) is 0.717. The van der Waals surface area contributed by atoms with Gasteiger partial charge in [-0.1, -0.05) is 12.5 Å². The van der Waals surface area contributed by atoms with E-state index in [9.17, 15) is 23.2 Å². The van der Waals surface area contributed by atoms with Crippen molar-refractivity contribution in [2.75, 3.05) is 6.54 Å². The van der Waals surface area contributed by atoms with Crippen molar-refractivity contribution in [2.24, 2.45) is 5.92 Å². The third-order valence-corrected chi connectivity index (χ3v) is 4.73. The van der Waals surface area contributed by atoms with Gasteiger partial charge in [-0.2, -0.15) is 0 Å². The third-order valence-electron chi connectivity index (χ3n) is 4.73. The van der Waals surface area contributed by atoms with Crippen molar-refractivity contribution < 1.29 is 23.2 Å². The Bertz CT molecular complexity index is 690. The molecule has 0 bridgehead atoms. The first-order valence-electron chi connectivity index (χ1n) is 7.75. The second-order valence-electron chi connectivity index (χ2n) is 6.15. The van der Waals surface area contributed by atoms with Gasteiger partial charge in [0.05, 0.1) is 6.42 Å². The van der Waals surface area contributed by atoms with Gasteiger partial charge in [0.25, 0.3) is 5.91 Å². The van der Waals surface area contributed by atoms with E-state index in [-0.39, 0.29) is 23.9 Å². The van der Waals surface area contributed by atoms with Gasteiger partial charge >= 0.3 is 6.03 Å². The highest BCUT2D eigenvalue weighted by atomic mass is 19.1. The molecular weight excluding hydrogens is 320 g/mol. The van der Waals surface area contributed by atoms with Crippen LogP contribution in [-0.2, 0) is 16.0 Å². The van der Waals surface area contributed by atoms with Crippen molar-refractivity contribution in [1.29, 1.82) is 0 Å². The zero-order valence-electron chi connectivity index (χ0n) is 12.8. The Labute approximate surface area is 137 Å². The molecule has 1 saturated heterocycles. The van der Waals surface area contributed by atoms with E-state index in [2.05, 4.69) is 16.0 Å². The summed E-state index contributed by atoms with van der Waals surface area (Å²) in [5.41, 5.74) is -1.28. The maximum atomic E-state index is 13.6. The number of urea groups is 1. The van der Waals surface area contributed by atoms with Crippen LogP contribution in [-0.4, -0.2) is 29.9 Å². The summed E-state index contributed by atoms with van der Waals surface area (Å²) in [7, 11) is 0. The number of halogens is 2. The van der Waals surface area contributed by atoms with Crippen LogP contribution in [0.5, 0.6) is 0 Å². The third kappa shape index (κ3) is 2.83. The second kappa shape index (κ2) is 6.18. The van der Waals surface area contributed by atoms with Crippen LogP contribution in [0.25, 0.3) is 0 Å². The predicted octanol–water partition coefficient (Wildman–Crippen LogP) is 1.00. The lowest BCUT2D eigenvalue weighted by atomic mass is 9.87. The van der Waals surface area contributed by atoms with Crippen LogP contribution in [0.1, 0.15) is 24.8 Å². The molecule has 2 atom stereocenters. The number of carbonyl (C=O) groups excluding carboxylic acids is 3. The molecule has 1 aliphatic carbocycles. The summed E-state index contributed by atoms with van der Waals surface area (Å²) in [6, 6.07) is 2.88. The molecule has 3 rings (SSSR count). The van der Waals surface area contributed by atoms with Gasteiger partial charge < -0.3 is 10.6 Å². The topological polar surface area (TPSA) is 87.3 Å². The molecular formula is C16H17F2N3O3. The van der Waals surface area contributed by atoms with Crippen molar-refractivity contribution in [3.63, 3.8) is 0 Å². The van der Waals surface area contributed by atoms with E-state index in [4.69, 9.17) is 0 Å². The zero-order chi connectivity index (χ0) is 17.3. The largest absolute Gasteiger partial charge is 0.355 e. The second-order valence-corrected chi connectivity index (χ2v) is 6.15. The van der Waals surface area contributed by atoms with Crippen molar-refractivity contribution in [3.05, 3.63) is 35.4 Å². The number of benzene rings is 1. The maximum absolute atomic E-state index is 13.6. The van der Waals surface area contributed by atoms with Crippen LogP contribution in [0.2, 0.25) is 0 Å². The van der Waals surface area contributed by atoms with Crippen LogP contribution in [0.4, 0.5) is 13.6 Å². The molecule has 1 heterocycles. The monoisotopic (exact) mass is 337 g/mol. The summed E-state index contributed by atoms with van der Waals surface area (Å²) in [4.78, 5) is 35.4. The van der Waals surface area contributed by atoms with Crippen LogP contribution in [0.3, 0.4) is 0 Å². The first-order chi connectivity index (χ1) is 11.4. The molecule has 0 radical (unpaired) electrons. The predicted molar refractivity (Wildman–Crippen MR) is 79.8 cm³/mol. The highest BCUT2D eigenvalue weighted by Crippen LogP contribution is 2.37. The normalized spacial score (nSPS) is 25.7. The minimum atomic E-state index is -0.992. The lowest BCUT2D eigenvalue weighted by Crippen LogP contribution is -2.53. The van der Waals surface area contributed by atoms with Crippen molar-refractivity contribution in [1.82, 2.24) is 16.0 Å². The molecule has 128 valence electrons. The Morgan fingerprint density at radius 3 is 2.62 bits per heavy atom. The summed E-state index contributed by atoms with van der Waals surface area (Å²) in [6.07, 6.45) is 1.50. The number of carbonyl (C=O) groups is 3. The summed E-state index contributed by atoms with van der Waals surface area (Å²) in [5.74, 6) is -2.72. The molecule has 1 aliphatic heterocycles. The number of rotatable bonds is 4. The summed E-state index contributed by atoms with van der Waals surface area (Å²) in [5, 5.41) is 7.48. The lowest BCUT2D eigenvalue weighted by molar-refractivity contribution is -0.126.